The molecule has 0 atom stereocenters. The first-order valence-electron chi connectivity index (χ1n) is 5.43. The molecule has 0 fully saturated rings. The van der Waals surface area contributed by atoms with E-state index in [2.05, 4.69) is 0 Å². The van der Waals surface area contributed by atoms with Crippen LogP contribution < -0.4 is 5.73 Å². The van der Waals surface area contributed by atoms with Crippen LogP contribution in [0.5, 0.6) is 0 Å². The van der Waals surface area contributed by atoms with Gasteiger partial charge in [-0.25, -0.2) is 4.39 Å². The van der Waals surface area contributed by atoms with Crippen molar-refractivity contribution in [3.05, 3.63) is 65.5 Å². The molecular weight excluding hydrogens is 249 g/mol. The highest BCUT2D eigenvalue weighted by molar-refractivity contribution is 7.98. The predicted molar refractivity (Wildman–Crippen MR) is 70.9 cm³/mol. The Morgan fingerprint density at radius 2 is 1.94 bits per heavy atom. The van der Waals surface area contributed by atoms with Gasteiger partial charge in [-0.3, -0.25) is 4.79 Å². The molecule has 2 nitrogen and oxygen atoms in total. The zero-order chi connectivity index (χ0) is 13.0. The Hall–Kier alpha value is -1.81. The summed E-state index contributed by atoms with van der Waals surface area (Å²) in [5, 5.41) is 0. The minimum absolute atomic E-state index is 0.228. The molecule has 0 unspecified atom stereocenters. The average Bonchev–Trinajstić information content (AvgIpc) is 2.38. The molecule has 0 saturated heterocycles. The van der Waals surface area contributed by atoms with E-state index < -0.39 is 5.91 Å². The molecule has 0 aromatic heterocycles. The van der Waals surface area contributed by atoms with Gasteiger partial charge in [0.15, 0.2) is 0 Å². The maximum absolute atomic E-state index is 13.4. The van der Waals surface area contributed by atoms with Crippen LogP contribution in [0.3, 0.4) is 0 Å². The molecule has 2 rings (SSSR count). The molecule has 92 valence electrons. The lowest BCUT2D eigenvalue weighted by atomic mass is 10.1. The van der Waals surface area contributed by atoms with E-state index in [-0.39, 0.29) is 5.82 Å². The third kappa shape index (κ3) is 3.11. The Bertz CT molecular complexity index is 571. The fraction of sp³-hybridized carbons (Fsp3) is 0.0714. The lowest BCUT2D eigenvalue weighted by Gasteiger charge is -2.04. The molecule has 0 aliphatic heterocycles. The van der Waals surface area contributed by atoms with Crippen LogP contribution in [0.4, 0.5) is 4.39 Å². The summed E-state index contributed by atoms with van der Waals surface area (Å²) in [5.74, 6) is -0.0801. The summed E-state index contributed by atoms with van der Waals surface area (Å²) in [6.45, 7) is 0. The SMILES string of the molecule is NC(=O)c1cccc(CSc2ccccc2F)c1. The molecule has 0 spiro atoms. The van der Waals surface area contributed by atoms with E-state index in [9.17, 15) is 9.18 Å². The minimum atomic E-state index is -0.451. The lowest BCUT2D eigenvalue weighted by Crippen LogP contribution is -2.10. The van der Waals surface area contributed by atoms with Crippen LogP contribution in [0.2, 0.25) is 0 Å². The molecule has 2 aromatic rings. The van der Waals surface area contributed by atoms with Gasteiger partial charge in [-0.05, 0) is 29.8 Å². The van der Waals surface area contributed by atoms with E-state index >= 15 is 0 Å². The number of carbonyl (C=O) groups excluding carboxylic acids is 1. The van der Waals surface area contributed by atoms with Gasteiger partial charge in [-0.2, -0.15) is 0 Å². The molecular formula is C14H12FNOS. The predicted octanol–water partition coefficient (Wildman–Crippen LogP) is 3.22. The molecule has 2 N–H and O–H groups in total. The average molecular weight is 261 g/mol. The van der Waals surface area contributed by atoms with Crippen LogP contribution in [-0.2, 0) is 5.75 Å². The fourth-order valence-corrected chi connectivity index (χ4v) is 2.42. The van der Waals surface area contributed by atoms with E-state index in [0.717, 1.165) is 5.56 Å². The van der Waals surface area contributed by atoms with Gasteiger partial charge in [-0.15, -0.1) is 11.8 Å². The zero-order valence-electron chi connectivity index (χ0n) is 9.60. The molecule has 0 bridgehead atoms. The molecule has 0 heterocycles. The molecule has 2 aromatic carbocycles. The zero-order valence-corrected chi connectivity index (χ0v) is 10.4. The number of primary amides is 1. The minimum Gasteiger partial charge on any atom is -0.366 e. The number of thioether (sulfide) groups is 1. The van der Waals surface area contributed by atoms with Crippen LogP contribution in [0, 0.1) is 5.82 Å². The van der Waals surface area contributed by atoms with E-state index in [4.69, 9.17) is 5.73 Å². The number of halogens is 1. The van der Waals surface area contributed by atoms with E-state index in [1.165, 1.54) is 17.8 Å². The summed E-state index contributed by atoms with van der Waals surface area (Å²) in [7, 11) is 0. The quantitative estimate of drug-likeness (QED) is 0.859. The van der Waals surface area contributed by atoms with Gasteiger partial charge in [-0.1, -0.05) is 24.3 Å². The van der Waals surface area contributed by atoms with Gasteiger partial charge in [0.25, 0.3) is 0 Å². The first kappa shape index (κ1) is 12.6. The second-order valence-corrected chi connectivity index (χ2v) is 4.80. The fourth-order valence-electron chi connectivity index (χ4n) is 1.54. The number of hydrogen-bond acceptors (Lipinski definition) is 2. The van der Waals surface area contributed by atoms with Gasteiger partial charge in [0.2, 0.25) is 5.91 Å². The number of rotatable bonds is 4. The highest BCUT2D eigenvalue weighted by Gasteiger charge is 2.04. The van der Waals surface area contributed by atoms with Crippen LogP contribution in [0.15, 0.2) is 53.4 Å². The first-order valence-corrected chi connectivity index (χ1v) is 6.41. The first-order chi connectivity index (χ1) is 8.66. The highest BCUT2D eigenvalue weighted by atomic mass is 32.2. The summed E-state index contributed by atoms with van der Waals surface area (Å²) in [6, 6.07) is 13.7. The summed E-state index contributed by atoms with van der Waals surface area (Å²) < 4.78 is 13.4. The van der Waals surface area contributed by atoms with Crippen LogP contribution in [0.25, 0.3) is 0 Å². The van der Waals surface area contributed by atoms with Crippen molar-refractivity contribution in [3.8, 4) is 0 Å². The largest absolute Gasteiger partial charge is 0.366 e. The Morgan fingerprint density at radius 3 is 2.67 bits per heavy atom. The van der Waals surface area contributed by atoms with Crippen molar-refractivity contribution in [2.24, 2.45) is 5.73 Å². The summed E-state index contributed by atoms with van der Waals surface area (Å²) >= 11 is 1.39. The van der Waals surface area contributed by atoms with Gasteiger partial charge in [0, 0.05) is 16.2 Å². The van der Waals surface area contributed by atoms with Crippen molar-refractivity contribution in [2.45, 2.75) is 10.6 Å². The normalized spacial score (nSPS) is 10.3. The molecule has 1 amide bonds. The summed E-state index contributed by atoms with van der Waals surface area (Å²) in [6.07, 6.45) is 0. The lowest BCUT2D eigenvalue weighted by molar-refractivity contribution is 0.1000. The number of carbonyl (C=O) groups is 1. The summed E-state index contributed by atoms with van der Waals surface area (Å²) in [5.41, 5.74) is 6.63. The third-order valence-corrected chi connectivity index (χ3v) is 3.56. The van der Waals surface area contributed by atoms with Crippen molar-refractivity contribution in [3.63, 3.8) is 0 Å². The van der Waals surface area contributed by atoms with Gasteiger partial charge < -0.3 is 5.73 Å². The summed E-state index contributed by atoms with van der Waals surface area (Å²) in [4.78, 5) is 11.6. The van der Waals surface area contributed by atoms with Gasteiger partial charge in [0.1, 0.15) is 5.82 Å². The van der Waals surface area contributed by atoms with Crippen molar-refractivity contribution in [1.29, 1.82) is 0 Å². The standard InChI is InChI=1S/C14H12FNOS/c15-12-6-1-2-7-13(12)18-9-10-4-3-5-11(8-10)14(16)17/h1-8H,9H2,(H2,16,17). The van der Waals surface area contributed by atoms with Gasteiger partial charge >= 0.3 is 0 Å². The van der Waals surface area contributed by atoms with E-state index in [1.807, 2.05) is 6.07 Å². The number of benzene rings is 2. The topological polar surface area (TPSA) is 43.1 Å². The smallest absolute Gasteiger partial charge is 0.248 e. The van der Waals surface area contributed by atoms with Crippen LogP contribution >= 0.6 is 11.8 Å². The van der Waals surface area contributed by atoms with Crippen molar-refractivity contribution in [1.82, 2.24) is 0 Å². The van der Waals surface area contributed by atoms with E-state index in [0.29, 0.717) is 16.2 Å². The molecule has 0 saturated carbocycles. The Kier molecular flexibility index (Phi) is 3.99. The van der Waals surface area contributed by atoms with Crippen molar-refractivity contribution < 1.29 is 9.18 Å². The molecule has 18 heavy (non-hydrogen) atoms. The van der Waals surface area contributed by atoms with Crippen LogP contribution in [0.1, 0.15) is 15.9 Å². The molecule has 4 heteroatoms. The van der Waals surface area contributed by atoms with Crippen molar-refractivity contribution >= 4 is 17.7 Å². The maximum Gasteiger partial charge on any atom is 0.248 e. The molecule has 0 aliphatic carbocycles. The molecule has 0 radical (unpaired) electrons. The van der Waals surface area contributed by atoms with E-state index in [1.54, 1.807) is 36.4 Å². The second kappa shape index (κ2) is 5.69. The highest BCUT2D eigenvalue weighted by Crippen LogP contribution is 2.25. The number of nitrogens with two attached hydrogens (primary N) is 1. The van der Waals surface area contributed by atoms with Crippen LogP contribution in [-0.4, -0.2) is 5.91 Å². The molecule has 0 aliphatic rings. The Morgan fingerprint density at radius 1 is 1.17 bits per heavy atom. The maximum atomic E-state index is 13.4. The third-order valence-electron chi connectivity index (χ3n) is 2.44. The Balaban J connectivity index is 2.09. The monoisotopic (exact) mass is 261 g/mol. The van der Waals surface area contributed by atoms with Crippen molar-refractivity contribution in [2.75, 3.05) is 0 Å². The Labute approximate surface area is 109 Å². The van der Waals surface area contributed by atoms with Gasteiger partial charge in [0.05, 0.1) is 0 Å². The number of amides is 1. The number of hydrogen-bond donors (Lipinski definition) is 1. The second-order valence-electron chi connectivity index (χ2n) is 3.78.